The van der Waals surface area contributed by atoms with Crippen LogP contribution < -0.4 is 4.73 Å². The summed E-state index contributed by atoms with van der Waals surface area (Å²) in [4.78, 5) is 7.69. The Balaban J connectivity index is 0.00000240. The number of benzene rings is 2. The molecular weight excluding hydrogens is 384 g/mol. The van der Waals surface area contributed by atoms with Crippen LogP contribution in [-0.4, -0.2) is 9.97 Å². The number of halogens is 1. The standard InChI is InChI=1S/C23H18N4O.ClH/c24-14-18-8-6-17(7-9-18)12-21-15-25-23(26-21)13-22-11-10-20(16-27(22)28)19-4-2-1-3-5-19;/h1-11,15-16H,12-13H2,(H,25,26);1H. The molecule has 0 saturated heterocycles. The molecule has 29 heavy (non-hydrogen) atoms. The molecule has 0 aliphatic rings. The Hall–Kier alpha value is -3.62. The molecule has 0 saturated carbocycles. The van der Waals surface area contributed by atoms with Gasteiger partial charge in [-0.1, -0.05) is 42.5 Å². The highest BCUT2D eigenvalue weighted by Gasteiger charge is 2.11. The van der Waals surface area contributed by atoms with E-state index < -0.39 is 0 Å². The summed E-state index contributed by atoms with van der Waals surface area (Å²) in [6.07, 6.45) is 4.53. The third-order valence-electron chi connectivity index (χ3n) is 4.61. The van der Waals surface area contributed by atoms with Gasteiger partial charge in [-0.05, 0) is 29.3 Å². The Kier molecular flexibility index (Phi) is 6.28. The maximum Gasteiger partial charge on any atom is 0.200 e. The van der Waals surface area contributed by atoms with Gasteiger partial charge in [-0.25, -0.2) is 4.98 Å². The summed E-state index contributed by atoms with van der Waals surface area (Å²) in [5.41, 5.74) is 5.26. The Morgan fingerprint density at radius 1 is 0.931 bits per heavy atom. The molecule has 144 valence electrons. The number of nitriles is 1. The molecule has 2 aromatic heterocycles. The van der Waals surface area contributed by atoms with Gasteiger partial charge in [0.15, 0.2) is 11.9 Å². The van der Waals surface area contributed by atoms with Crippen LogP contribution in [0.5, 0.6) is 0 Å². The number of pyridine rings is 1. The van der Waals surface area contributed by atoms with Crippen LogP contribution in [-0.2, 0) is 12.8 Å². The van der Waals surface area contributed by atoms with E-state index in [1.807, 2.05) is 54.6 Å². The first kappa shape index (κ1) is 20.1. The third-order valence-corrected chi connectivity index (χ3v) is 4.61. The number of aromatic amines is 1. The number of hydrogen-bond acceptors (Lipinski definition) is 3. The molecule has 0 aliphatic heterocycles. The smallest absolute Gasteiger partial charge is 0.200 e. The van der Waals surface area contributed by atoms with Gasteiger partial charge in [0, 0.05) is 29.9 Å². The summed E-state index contributed by atoms with van der Waals surface area (Å²) in [6.45, 7) is 0. The predicted molar refractivity (Wildman–Crippen MR) is 113 cm³/mol. The van der Waals surface area contributed by atoms with Crippen LogP contribution in [0.2, 0.25) is 0 Å². The van der Waals surface area contributed by atoms with E-state index in [1.165, 1.54) is 0 Å². The van der Waals surface area contributed by atoms with Gasteiger partial charge in [0.25, 0.3) is 0 Å². The van der Waals surface area contributed by atoms with Crippen LogP contribution in [0, 0.1) is 16.5 Å². The second-order valence-corrected chi connectivity index (χ2v) is 6.62. The molecule has 5 nitrogen and oxygen atoms in total. The summed E-state index contributed by atoms with van der Waals surface area (Å²) >= 11 is 0. The third kappa shape index (κ3) is 4.81. The number of rotatable bonds is 5. The highest BCUT2D eigenvalue weighted by molar-refractivity contribution is 5.85. The molecule has 0 radical (unpaired) electrons. The van der Waals surface area contributed by atoms with Crippen molar-refractivity contribution in [2.45, 2.75) is 12.8 Å². The molecule has 0 fully saturated rings. The lowest BCUT2D eigenvalue weighted by atomic mass is 10.1. The number of nitrogens with zero attached hydrogens (tertiary/aromatic N) is 3. The van der Waals surface area contributed by atoms with Crippen LogP contribution in [0.25, 0.3) is 11.1 Å². The number of nitrogens with one attached hydrogen (secondary N) is 1. The zero-order valence-electron chi connectivity index (χ0n) is 15.6. The second-order valence-electron chi connectivity index (χ2n) is 6.62. The van der Waals surface area contributed by atoms with Crippen molar-refractivity contribution in [2.75, 3.05) is 0 Å². The monoisotopic (exact) mass is 402 g/mol. The van der Waals surface area contributed by atoms with E-state index in [1.54, 1.807) is 24.5 Å². The average molecular weight is 403 g/mol. The highest BCUT2D eigenvalue weighted by atomic mass is 35.5. The number of aromatic nitrogens is 3. The van der Waals surface area contributed by atoms with Crippen LogP contribution in [0.3, 0.4) is 0 Å². The van der Waals surface area contributed by atoms with Gasteiger partial charge in [0.05, 0.1) is 18.1 Å². The molecule has 0 amide bonds. The van der Waals surface area contributed by atoms with Gasteiger partial charge in [-0.15, -0.1) is 12.4 Å². The molecule has 0 aliphatic carbocycles. The topological polar surface area (TPSA) is 79.4 Å². The van der Waals surface area contributed by atoms with Crippen molar-refractivity contribution < 1.29 is 4.73 Å². The number of hydrogen-bond donors (Lipinski definition) is 1. The Morgan fingerprint density at radius 2 is 1.69 bits per heavy atom. The van der Waals surface area contributed by atoms with E-state index >= 15 is 0 Å². The molecule has 1 N–H and O–H groups in total. The summed E-state index contributed by atoms with van der Waals surface area (Å²) in [6, 6.07) is 23.2. The summed E-state index contributed by atoms with van der Waals surface area (Å²) in [7, 11) is 0. The van der Waals surface area contributed by atoms with Crippen molar-refractivity contribution in [3.63, 3.8) is 0 Å². The van der Waals surface area contributed by atoms with Crippen LogP contribution >= 0.6 is 12.4 Å². The maximum absolute atomic E-state index is 12.4. The van der Waals surface area contributed by atoms with Gasteiger partial charge in [-0.3, -0.25) is 0 Å². The van der Waals surface area contributed by atoms with Crippen LogP contribution in [0.4, 0.5) is 0 Å². The average Bonchev–Trinajstić information content (AvgIpc) is 3.17. The SMILES string of the molecule is Cl.N#Cc1ccc(Cc2cnc(Cc3ccc(-c4ccccc4)c[n+]3[O-])[nH]2)cc1. The van der Waals surface area contributed by atoms with Crippen molar-refractivity contribution in [1.82, 2.24) is 9.97 Å². The van der Waals surface area contributed by atoms with Gasteiger partial charge < -0.3 is 10.2 Å². The lowest BCUT2D eigenvalue weighted by molar-refractivity contribution is -0.613. The van der Waals surface area contributed by atoms with E-state index in [0.717, 1.165) is 32.9 Å². The van der Waals surface area contributed by atoms with Crippen molar-refractivity contribution >= 4 is 12.4 Å². The fraction of sp³-hybridized carbons (Fsp3) is 0.0870. The largest absolute Gasteiger partial charge is 0.618 e. The molecule has 0 unspecified atom stereocenters. The van der Waals surface area contributed by atoms with Gasteiger partial charge >= 0.3 is 0 Å². The first-order valence-corrected chi connectivity index (χ1v) is 9.00. The highest BCUT2D eigenvalue weighted by Crippen LogP contribution is 2.18. The lowest BCUT2D eigenvalue weighted by Gasteiger charge is -2.06. The summed E-state index contributed by atoms with van der Waals surface area (Å²) in [5.74, 6) is 0.751. The van der Waals surface area contributed by atoms with Crippen molar-refractivity contribution in [1.29, 1.82) is 5.26 Å². The first-order valence-electron chi connectivity index (χ1n) is 9.00. The zero-order chi connectivity index (χ0) is 19.3. The minimum absolute atomic E-state index is 0. The second kappa shape index (κ2) is 9.05. The number of H-pyrrole nitrogens is 1. The summed E-state index contributed by atoms with van der Waals surface area (Å²) in [5, 5.41) is 21.3. The van der Waals surface area contributed by atoms with E-state index in [4.69, 9.17) is 5.26 Å². The molecule has 6 heteroatoms. The quantitative estimate of drug-likeness (QED) is 0.401. The van der Waals surface area contributed by atoms with Crippen molar-refractivity contribution in [2.24, 2.45) is 0 Å². The van der Waals surface area contributed by atoms with Crippen molar-refractivity contribution in [3.8, 4) is 17.2 Å². The van der Waals surface area contributed by atoms with E-state index in [2.05, 4.69) is 16.0 Å². The Labute approximate surface area is 175 Å². The fourth-order valence-electron chi connectivity index (χ4n) is 3.12. The molecule has 4 aromatic rings. The van der Waals surface area contributed by atoms with E-state index in [9.17, 15) is 5.21 Å². The van der Waals surface area contributed by atoms with E-state index in [-0.39, 0.29) is 12.4 Å². The minimum Gasteiger partial charge on any atom is -0.618 e. The minimum atomic E-state index is 0. The fourth-order valence-corrected chi connectivity index (χ4v) is 3.12. The lowest BCUT2D eigenvalue weighted by Crippen LogP contribution is -2.31. The maximum atomic E-state index is 12.4. The van der Waals surface area contributed by atoms with Gasteiger partial charge in [0.1, 0.15) is 5.82 Å². The molecule has 2 aromatic carbocycles. The predicted octanol–water partition coefficient (Wildman–Crippen LogP) is 4.19. The Bertz CT molecular complexity index is 1130. The molecular formula is C23H19ClN4O. The molecule has 0 atom stereocenters. The molecule has 2 heterocycles. The van der Waals surface area contributed by atoms with Crippen molar-refractivity contribution in [3.05, 3.63) is 113 Å². The first-order chi connectivity index (χ1) is 13.7. The van der Waals surface area contributed by atoms with Crippen LogP contribution in [0.1, 0.15) is 28.3 Å². The number of imidazole rings is 1. The normalized spacial score (nSPS) is 10.2. The van der Waals surface area contributed by atoms with Crippen LogP contribution in [0.15, 0.2) is 79.1 Å². The Morgan fingerprint density at radius 3 is 2.38 bits per heavy atom. The zero-order valence-corrected chi connectivity index (χ0v) is 16.4. The molecule has 4 rings (SSSR count). The summed E-state index contributed by atoms with van der Waals surface area (Å²) < 4.78 is 0.908. The van der Waals surface area contributed by atoms with Gasteiger partial charge in [0.2, 0.25) is 0 Å². The molecule has 0 bridgehead atoms. The van der Waals surface area contributed by atoms with Gasteiger partial charge in [-0.2, -0.15) is 9.99 Å². The molecule has 0 spiro atoms. The van der Waals surface area contributed by atoms with E-state index in [0.29, 0.717) is 24.1 Å².